The number of benzene rings is 1. The van der Waals surface area contributed by atoms with Gasteiger partial charge in [0, 0.05) is 18.3 Å². The topological polar surface area (TPSA) is 66.0 Å². The highest BCUT2D eigenvalue weighted by Crippen LogP contribution is 2.43. The highest BCUT2D eigenvalue weighted by molar-refractivity contribution is 5.75. The van der Waals surface area contributed by atoms with Gasteiger partial charge < -0.3 is 18.1 Å². The number of rotatable bonds is 6. The second kappa shape index (κ2) is 7.62. The van der Waals surface area contributed by atoms with Crippen LogP contribution in [0.2, 0.25) is 0 Å². The Balaban J connectivity index is 0.00000200. The van der Waals surface area contributed by atoms with Crippen molar-refractivity contribution in [2.75, 3.05) is 0 Å². The Kier molecular flexibility index (Phi) is 6.46. The summed E-state index contributed by atoms with van der Waals surface area (Å²) in [4.78, 5) is 17.0. The molecule has 5 heteroatoms. The van der Waals surface area contributed by atoms with Crippen LogP contribution in [0.1, 0.15) is 25.8 Å². The number of nitrogens with one attached hydrogen (secondary N) is 1. The fourth-order valence-electron chi connectivity index (χ4n) is 2.78. The van der Waals surface area contributed by atoms with Crippen LogP contribution in [0.15, 0.2) is 30.3 Å². The van der Waals surface area contributed by atoms with Gasteiger partial charge in [0.1, 0.15) is 0 Å². The van der Waals surface area contributed by atoms with Gasteiger partial charge in [0.25, 0.3) is 0 Å². The lowest BCUT2D eigenvalue weighted by Crippen LogP contribution is -3.00. The Morgan fingerprint density at radius 2 is 2.00 bits per heavy atom. The number of hydrogen-bond donors (Lipinski definition) is 2. The van der Waals surface area contributed by atoms with Gasteiger partial charge in [-0.05, 0) is 11.5 Å². The van der Waals surface area contributed by atoms with E-state index in [4.69, 9.17) is 4.84 Å². The van der Waals surface area contributed by atoms with Crippen LogP contribution in [0, 0.1) is 17.8 Å². The summed E-state index contributed by atoms with van der Waals surface area (Å²) in [7, 11) is 0. The van der Waals surface area contributed by atoms with Gasteiger partial charge in [0.15, 0.2) is 0 Å². The first-order valence-electron chi connectivity index (χ1n) is 6.87. The number of hydrogen-bond acceptors (Lipinski definition) is 2. The molecule has 4 N–H and O–H groups in total. The lowest BCUT2D eigenvalue weighted by molar-refractivity contribution is -0.394. The van der Waals surface area contributed by atoms with Gasteiger partial charge in [-0.3, -0.25) is 9.63 Å². The zero-order valence-corrected chi connectivity index (χ0v) is 12.8. The van der Waals surface area contributed by atoms with Crippen LogP contribution >= 0.6 is 0 Å². The zero-order chi connectivity index (χ0) is 13.8. The molecule has 0 saturated heterocycles. The predicted molar refractivity (Wildman–Crippen MR) is 72.5 cm³/mol. The van der Waals surface area contributed by atoms with Crippen molar-refractivity contribution in [2.45, 2.75) is 32.9 Å². The predicted octanol–water partition coefficient (Wildman–Crippen LogP) is -1.86. The number of halogens is 1. The van der Waals surface area contributed by atoms with Crippen LogP contribution in [-0.2, 0) is 16.2 Å². The lowest BCUT2D eigenvalue weighted by Gasteiger charge is -2.05. The summed E-state index contributed by atoms with van der Waals surface area (Å²) in [5, 5.41) is 0. The third-order valence-corrected chi connectivity index (χ3v) is 3.86. The molecule has 0 unspecified atom stereocenters. The van der Waals surface area contributed by atoms with Crippen molar-refractivity contribution in [1.29, 1.82) is 0 Å². The van der Waals surface area contributed by atoms with Crippen molar-refractivity contribution < 1.29 is 27.8 Å². The molecule has 1 aromatic carbocycles. The van der Waals surface area contributed by atoms with Gasteiger partial charge in [-0.2, -0.15) is 0 Å². The summed E-state index contributed by atoms with van der Waals surface area (Å²) < 4.78 is 0. The van der Waals surface area contributed by atoms with Crippen LogP contribution in [0.4, 0.5) is 0 Å². The molecule has 2 rings (SSSR count). The SMILES string of the molecule is CC(C)[C@@H]1[C@H]([NH3+])[C@H]1CC(=O)NOCc1ccccc1.[Cl-]. The molecule has 0 spiro atoms. The summed E-state index contributed by atoms with van der Waals surface area (Å²) in [5.74, 6) is 1.56. The third-order valence-electron chi connectivity index (χ3n) is 3.86. The molecule has 1 fully saturated rings. The average Bonchev–Trinajstić information content (AvgIpc) is 3.01. The summed E-state index contributed by atoms with van der Waals surface area (Å²) >= 11 is 0. The molecule has 1 aromatic rings. The van der Waals surface area contributed by atoms with Crippen LogP contribution in [0.25, 0.3) is 0 Å². The van der Waals surface area contributed by atoms with E-state index in [1.54, 1.807) is 0 Å². The fourth-order valence-corrected chi connectivity index (χ4v) is 2.78. The van der Waals surface area contributed by atoms with Crippen molar-refractivity contribution in [1.82, 2.24) is 5.48 Å². The van der Waals surface area contributed by atoms with Gasteiger partial charge in [-0.25, -0.2) is 5.48 Å². The van der Waals surface area contributed by atoms with Gasteiger partial charge in [-0.15, -0.1) is 0 Å². The van der Waals surface area contributed by atoms with Crippen molar-refractivity contribution >= 4 is 5.91 Å². The molecule has 3 atom stereocenters. The molecule has 0 aromatic heterocycles. The molecule has 0 bridgehead atoms. The monoisotopic (exact) mass is 298 g/mol. The Bertz CT molecular complexity index is 425. The molecule has 0 aliphatic heterocycles. The first-order chi connectivity index (χ1) is 9.09. The van der Waals surface area contributed by atoms with Crippen molar-refractivity contribution in [3.05, 3.63) is 35.9 Å². The molecule has 1 aliphatic rings. The van der Waals surface area contributed by atoms with E-state index < -0.39 is 0 Å². The van der Waals surface area contributed by atoms with E-state index >= 15 is 0 Å². The van der Waals surface area contributed by atoms with E-state index in [0.717, 1.165) is 5.56 Å². The largest absolute Gasteiger partial charge is 1.00 e. The maximum absolute atomic E-state index is 11.7. The maximum Gasteiger partial charge on any atom is 0.244 e. The molecule has 112 valence electrons. The van der Waals surface area contributed by atoms with E-state index in [9.17, 15) is 4.79 Å². The van der Waals surface area contributed by atoms with E-state index in [1.165, 1.54) is 0 Å². The standard InChI is InChI=1S/C15H22N2O2.ClH/c1-10(2)14-12(15(14)16)8-13(18)17-19-9-11-6-4-3-5-7-11;/h3-7,10,12,14-15H,8-9,16H2,1-2H3,(H,17,18);1H/t12-,14-,15+;/m0./s1. The van der Waals surface area contributed by atoms with Crippen LogP contribution in [-0.4, -0.2) is 11.9 Å². The molecular weight excluding hydrogens is 276 g/mol. The van der Waals surface area contributed by atoms with Crippen molar-refractivity contribution in [3.8, 4) is 0 Å². The fraction of sp³-hybridized carbons (Fsp3) is 0.533. The highest BCUT2D eigenvalue weighted by atomic mass is 35.5. The Morgan fingerprint density at radius 3 is 2.55 bits per heavy atom. The molecule has 0 heterocycles. The van der Waals surface area contributed by atoms with E-state index in [2.05, 4.69) is 25.1 Å². The minimum atomic E-state index is -0.0438. The average molecular weight is 299 g/mol. The summed E-state index contributed by atoms with van der Waals surface area (Å²) in [6.45, 7) is 4.78. The number of amides is 1. The van der Waals surface area contributed by atoms with Gasteiger partial charge in [0.2, 0.25) is 5.91 Å². The molecule has 20 heavy (non-hydrogen) atoms. The molecular formula is C15H23ClN2O2. The Labute approximate surface area is 126 Å². The quantitative estimate of drug-likeness (QED) is 0.605. The van der Waals surface area contributed by atoms with Crippen LogP contribution < -0.4 is 23.6 Å². The second-order valence-electron chi connectivity index (χ2n) is 5.65. The van der Waals surface area contributed by atoms with Gasteiger partial charge in [0.05, 0.1) is 12.6 Å². The Hall–Kier alpha value is -1.10. The highest BCUT2D eigenvalue weighted by Gasteiger charge is 2.53. The van der Waals surface area contributed by atoms with E-state index in [1.807, 2.05) is 30.3 Å². The summed E-state index contributed by atoms with van der Waals surface area (Å²) in [6.07, 6.45) is 0.520. The molecule has 1 amide bonds. The number of carbonyl (C=O) groups excluding carboxylic acids is 1. The Morgan fingerprint density at radius 1 is 1.35 bits per heavy atom. The minimum Gasteiger partial charge on any atom is -1.00 e. The second-order valence-corrected chi connectivity index (χ2v) is 5.65. The molecule has 4 nitrogen and oxygen atoms in total. The number of quaternary nitrogens is 1. The lowest BCUT2D eigenvalue weighted by atomic mass is 10.1. The molecule has 1 saturated carbocycles. The van der Waals surface area contributed by atoms with Crippen molar-refractivity contribution in [2.24, 2.45) is 17.8 Å². The smallest absolute Gasteiger partial charge is 0.244 e. The number of hydroxylamine groups is 1. The van der Waals surface area contributed by atoms with E-state index in [-0.39, 0.29) is 18.3 Å². The zero-order valence-electron chi connectivity index (χ0n) is 12.0. The summed E-state index contributed by atoms with van der Waals surface area (Å²) in [6, 6.07) is 10.2. The normalized spacial score (nSPS) is 24.1. The van der Waals surface area contributed by atoms with Crippen LogP contribution in [0.5, 0.6) is 0 Å². The summed E-state index contributed by atoms with van der Waals surface area (Å²) in [5.41, 5.74) is 7.66. The van der Waals surface area contributed by atoms with Gasteiger partial charge in [-0.1, -0.05) is 44.2 Å². The first kappa shape index (κ1) is 17.0. The number of carbonyl (C=O) groups is 1. The van der Waals surface area contributed by atoms with E-state index in [0.29, 0.717) is 36.8 Å². The molecule has 0 radical (unpaired) electrons. The van der Waals surface area contributed by atoms with Gasteiger partial charge >= 0.3 is 0 Å². The third kappa shape index (κ3) is 4.47. The van der Waals surface area contributed by atoms with Crippen LogP contribution in [0.3, 0.4) is 0 Å². The first-order valence-corrected chi connectivity index (χ1v) is 6.87. The van der Waals surface area contributed by atoms with Crippen molar-refractivity contribution in [3.63, 3.8) is 0 Å². The molecule has 1 aliphatic carbocycles. The minimum absolute atomic E-state index is 0. The maximum atomic E-state index is 11.7.